The number of aromatic nitrogens is 2. The SMILES string of the molecule is CC(C)(C)[Si](C)(C)OCc1cccc(Br)n1.OCc1cccc(Br)n1. The number of aliphatic hydroxyl groups is 1. The first-order valence-electron chi connectivity index (χ1n) is 8.03. The Morgan fingerprint density at radius 2 is 1.44 bits per heavy atom. The van der Waals surface area contributed by atoms with Crippen LogP contribution in [0.5, 0.6) is 0 Å². The van der Waals surface area contributed by atoms with Crippen LogP contribution < -0.4 is 0 Å². The van der Waals surface area contributed by atoms with Crippen molar-refractivity contribution in [3.05, 3.63) is 57.0 Å². The summed E-state index contributed by atoms with van der Waals surface area (Å²) in [5.41, 5.74) is 1.67. The summed E-state index contributed by atoms with van der Waals surface area (Å²) in [6.07, 6.45) is 0. The number of rotatable bonds is 4. The predicted molar refractivity (Wildman–Crippen MR) is 112 cm³/mol. The van der Waals surface area contributed by atoms with Crippen LogP contribution in [0.3, 0.4) is 0 Å². The summed E-state index contributed by atoms with van der Waals surface area (Å²) in [5, 5.41) is 8.83. The Hall–Kier alpha value is -0.603. The van der Waals surface area contributed by atoms with E-state index in [0.717, 1.165) is 14.9 Å². The van der Waals surface area contributed by atoms with Crippen LogP contribution in [-0.2, 0) is 17.6 Å². The lowest BCUT2D eigenvalue weighted by atomic mass is 10.2. The minimum atomic E-state index is -1.66. The van der Waals surface area contributed by atoms with E-state index in [1.165, 1.54) is 0 Å². The molecular weight excluding hydrogens is 464 g/mol. The first-order valence-corrected chi connectivity index (χ1v) is 12.5. The molecule has 0 fully saturated rings. The lowest BCUT2D eigenvalue weighted by molar-refractivity contribution is 0.272. The van der Waals surface area contributed by atoms with Gasteiger partial charge in [-0.2, -0.15) is 0 Å². The van der Waals surface area contributed by atoms with E-state index >= 15 is 0 Å². The fraction of sp³-hybridized carbons (Fsp3) is 0.444. The summed E-state index contributed by atoms with van der Waals surface area (Å²) in [4.78, 5) is 8.33. The van der Waals surface area contributed by atoms with E-state index in [2.05, 4.69) is 75.7 Å². The van der Waals surface area contributed by atoms with Gasteiger partial charge < -0.3 is 9.53 Å². The van der Waals surface area contributed by atoms with Crippen LogP contribution in [0.25, 0.3) is 0 Å². The number of halogens is 2. The second-order valence-corrected chi connectivity index (χ2v) is 13.5. The quantitative estimate of drug-likeness (QED) is 0.441. The molecule has 25 heavy (non-hydrogen) atoms. The number of aliphatic hydroxyl groups excluding tert-OH is 1. The van der Waals surface area contributed by atoms with Crippen molar-refractivity contribution in [3.8, 4) is 0 Å². The highest BCUT2D eigenvalue weighted by Gasteiger charge is 2.37. The van der Waals surface area contributed by atoms with Crippen LogP contribution in [0.2, 0.25) is 18.1 Å². The average Bonchev–Trinajstić information content (AvgIpc) is 2.53. The second-order valence-electron chi connectivity index (χ2n) is 7.11. The fourth-order valence-corrected chi connectivity index (χ4v) is 3.24. The molecule has 2 rings (SSSR count). The van der Waals surface area contributed by atoms with E-state index in [1.807, 2.05) is 30.3 Å². The van der Waals surface area contributed by atoms with E-state index in [-0.39, 0.29) is 11.6 Å². The molecule has 0 saturated carbocycles. The summed E-state index contributed by atoms with van der Waals surface area (Å²) < 4.78 is 7.71. The summed E-state index contributed by atoms with van der Waals surface area (Å²) in [6.45, 7) is 11.8. The van der Waals surface area contributed by atoms with Crippen molar-refractivity contribution >= 4 is 40.2 Å². The molecule has 7 heteroatoms. The van der Waals surface area contributed by atoms with Gasteiger partial charge in [0.2, 0.25) is 0 Å². The molecule has 0 aliphatic rings. The van der Waals surface area contributed by atoms with Gasteiger partial charge in [-0.3, -0.25) is 0 Å². The maximum Gasteiger partial charge on any atom is 0.192 e. The van der Waals surface area contributed by atoms with Crippen molar-refractivity contribution in [2.45, 2.75) is 52.1 Å². The first-order chi connectivity index (χ1) is 11.5. The molecule has 0 spiro atoms. The molecule has 0 amide bonds. The summed E-state index contributed by atoms with van der Waals surface area (Å²) in [6, 6.07) is 11.3. The maximum atomic E-state index is 8.58. The van der Waals surface area contributed by atoms with E-state index in [9.17, 15) is 0 Å². The molecule has 0 radical (unpaired) electrons. The van der Waals surface area contributed by atoms with Crippen LogP contribution in [-0.4, -0.2) is 23.4 Å². The molecule has 2 aromatic rings. The molecule has 0 aliphatic carbocycles. The molecule has 0 atom stereocenters. The molecule has 0 saturated heterocycles. The van der Waals surface area contributed by atoms with Crippen LogP contribution >= 0.6 is 31.9 Å². The molecule has 4 nitrogen and oxygen atoms in total. The van der Waals surface area contributed by atoms with E-state index in [4.69, 9.17) is 9.53 Å². The molecule has 138 valence electrons. The molecule has 0 unspecified atom stereocenters. The Morgan fingerprint density at radius 1 is 0.960 bits per heavy atom. The zero-order chi connectivity index (χ0) is 19.1. The van der Waals surface area contributed by atoms with Gasteiger partial charge in [0.25, 0.3) is 0 Å². The molecular formula is C18H26Br2N2O2Si. The number of hydrogen-bond donors (Lipinski definition) is 1. The zero-order valence-corrected chi connectivity index (χ0v) is 19.6. The van der Waals surface area contributed by atoms with Crippen molar-refractivity contribution in [1.82, 2.24) is 9.97 Å². The van der Waals surface area contributed by atoms with Gasteiger partial charge in [-0.05, 0) is 74.3 Å². The topological polar surface area (TPSA) is 55.2 Å². The van der Waals surface area contributed by atoms with Gasteiger partial charge in [0.05, 0.1) is 24.6 Å². The minimum absolute atomic E-state index is 0.000556. The van der Waals surface area contributed by atoms with Crippen LogP contribution in [0.1, 0.15) is 32.2 Å². The largest absolute Gasteiger partial charge is 0.411 e. The molecule has 0 bridgehead atoms. The summed E-state index contributed by atoms with van der Waals surface area (Å²) in [5.74, 6) is 0. The highest BCUT2D eigenvalue weighted by molar-refractivity contribution is 9.10. The Morgan fingerprint density at radius 3 is 1.84 bits per heavy atom. The molecule has 0 aliphatic heterocycles. The van der Waals surface area contributed by atoms with Gasteiger partial charge >= 0.3 is 0 Å². The molecule has 2 heterocycles. The van der Waals surface area contributed by atoms with Gasteiger partial charge in [-0.15, -0.1) is 0 Å². The Bertz CT molecular complexity index is 676. The second kappa shape index (κ2) is 9.92. The lowest BCUT2D eigenvalue weighted by Gasteiger charge is -2.36. The van der Waals surface area contributed by atoms with Crippen molar-refractivity contribution in [2.24, 2.45) is 0 Å². The minimum Gasteiger partial charge on any atom is -0.411 e. The third-order valence-electron chi connectivity index (χ3n) is 4.09. The summed E-state index contributed by atoms with van der Waals surface area (Å²) in [7, 11) is -1.66. The number of nitrogens with zero attached hydrogens (tertiary/aromatic N) is 2. The van der Waals surface area contributed by atoms with Crippen LogP contribution in [0.15, 0.2) is 45.6 Å². The van der Waals surface area contributed by atoms with E-state index in [0.29, 0.717) is 12.3 Å². The number of pyridine rings is 2. The first kappa shape index (κ1) is 22.4. The van der Waals surface area contributed by atoms with Gasteiger partial charge in [0.1, 0.15) is 9.21 Å². The highest BCUT2D eigenvalue weighted by atomic mass is 79.9. The Labute approximate surface area is 168 Å². The van der Waals surface area contributed by atoms with Crippen LogP contribution in [0, 0.1) is 0 Å². The van der Waals surface area contributed by atoms with Crippen molar-refractivity contribution in [2.75, 3.05) is 0 Å². The van der Waals surface area contributed by atoms with Crippen molar-refractivity contribution < 1.29 is 9.53 Å². The van der Waals surface area contributed by atoms with Gasteiger partial charge in [-0.25, -0.2) is 9.97 Å². The standard InChI is InChI=1S/C12H20BrNOSi.C6H6BrNO/c1-12(2,3)16(4,5)15-9-10-7-6-8-11(13)14-10;7-6-3-1-2-5(4-9)8-6/h6-8H,9H2,1-5H3;1-3,9H,4H2. The predicted octanol–water partition coefficient (Wildman–Crippen LogP) is 5.70. The Balaban J connectivity index is 0.000000293. The molecule has 0 aromatic carbocycles. The third kappa shape index (κ3) is 8.09. The molecule has 1 N–H and O–H groups in total. The van der Waals surface area contributed by atoms with Gasteiger partial charge in [0, 0.05) is 0 Å². The monoisotopic (exact) mass is 488 g/mol. The van der Waals surface area contributed by atoms with Gasteiger partial charge in [-0.1, -0.05) is 32.9 Å². The van der Waals surface area contributed by atoms with Crippen molar-refractivity contribution in [3.63, 3.8) is 0 Å². The smallest absolute Gasteiger partial charge is 0.192 e. The van der Waals surface area contributed by atoms with Crippen molar-refractivity contribution in [1.29, 1.82) is 0 Å². The average molecular weight is 490 g/mol. The van der Waals surface area contributed by atoms with E-state index < -0.39 is 8.32 Å². The highest BCUT2D eigenvalue weighted by Crippen LogP contribution is 2.36. The number of hydrogen-bond acceptors (Lipinski definition) is 4. The Kier molecular flexibility index (Phi) is 8.90. The third-order valence-corrected chi connectivity index (χ3v) is 9.46. The molecule has 2 aromatic heterocycles. The summed E-state index contributed by atoms with van der Waals surface area (Å²) >= 11 is 6.55. The van der Waals surface area contributed by atoms with Crippen LogP contribution in [0.4, 0.5) is 0 Å². The fourth-order valence-electron chi connectivity index (χ4n) is 1.54. The van der Waals surface area contributed by atoms with E-state index in [1.54, 1.807) is 6.07 Å². The normalized spacial score (nSPS) is 11.7. The zero-order valence-electron chi connectivity index (χ0n) is 15.4. The maximum absolute atomic E-state index is 8.58. The van der Waals surface area contributed by atoms with Gasteiger partial charge in [0.15, 0.2) is 8.32 Å². The lowest BCUT2D eigenvalue weighted by Crippen LogP contribution is -2.40.